The maximum atomic E-state index is 14.9. The highest BCUT2D eigenvalue weighted by atomic mass is 32.5. The monoisotopic (exact) mass is 668 g/mol. The zero-order valence-electron chi connectivity index (χ0n) is 23.8. The van der Waals surface area contributed by atoms with Crippen molar-refractivity contribution in [2.75, 3.05) is 12.4 Å². The summed E-state index contributed by atoms with van der Waals surface area (Å²) in [6.45, 7) is 0. The first-order chi connectivity index (χ1) is 20.8. The van der Waals surface area contributed by atoms with E-state index in [1.54, 1.807) is 0 Å². The molecule has 45 heavy (non-hydrogen) atoms. The number of aliphatic carboxylic acids is 1. The predicted molar refractivity (Wildman–Crippen MR) is 149 cm³/mol. The number of carboxylic acid groups (broad SMARTS) is 1. The molecule has 0 unspecified atom stereocenters. The van der Waals surface area contributed by atoms with Gasteiger partial charge in [-0.15, -0.1) is 0 Å². The van der Waals surface area contributed by atoms with Crippen molar-refractivity contribution in [2.24, 2.45) is 23.7 Å². The highest BCUT2D eigenvalue weighted by Gasteiger charge is 2.67. The Bertz CT molecular complexity index is 1530. The normalized spacial score (nSPS) is 27.6. The molecule has 0 aromatic heterocycles. The smallest absolute Gasteiger partial charge is 0.313 e. The number of hydrogen-bond acceptors (Lipinski definition) is 5. The van der Waals surface area contributed by atoms with E-state index in [-0.39, 0.29) is 41.0 Å². The third-order valence-corrected chi connectivity index (χ3v) is 10.1. The SMILES string of the molecule is COc1cc(F)c(OC2CCC(C(=O)O)CC2)cc1C(=O)N[C@@H]1[C@H]2CC[C@H](C2)[C@@H]1C(=O)Nc1ccc(F)c(S(F)(F)(F)(F)F)c1. The first kappa shape index (κ1) is 32.7. The highest BCUT2D eigenvalue weighted by Crippen LogP contribution is 3.02. The first-order valence-electron chi connectivity index (χ1n) is 14.3. The average Bonchev–Trinajstić information content (AvgIpc) is 3.56. The van der Waals surface area contributed by atoms with Crippen LogP contribution >= 0.6 is 10.2 Å². The van der Waals surface area contributed by atoms with Crippen molar-refractivity contribution >= 4 is 33.7 Å². The van der Waals surface area contributed by atoms with Gasteiger partial charge in [-0.05, 0) is 81.0 Å². The molecule has 8 nitrogen and oxygen atoms in total. The second-order valence-corrected chi connectivity index (χ2v) is 14.3. The number of methoxy groups -OCH3 is 1. The van der Waals surface area contributed by atoms with Crippen molar-refractivity contribution < 1.29 is 57.2 Å². The lowest BCUT2D eigenvalue weighted by molar-refractivity contribution is -0.143. The van der Waals surface area contributed by atoms with Gasteiger partial charge in [0.25, 0.3) is 5.91 Å². The molecule has 0 saturated heterocycles. The number of rotatable bonds is 9. The molecule has 3 aliphatic rings. The van der Waals surface area contributed by atoms with Gasteiger partial charge < -0.3 is 25.2 Å². The molecule has 16 heteroatoms. The number of carboxylic acids is 1. The van der Waals surface area contributed by atoms with Gasteiger partial charge in [0.2, 0.25) is 5.91 Å². The van der Waals surface area contributed by atoms with Crippen LogP contribution in [0.15, 0.2) is 35.2 Å². The fourth-order valence-electron chi connectivity index (χ4n) is 6.79. The Morgan fingerprint density at radius 3 is 2.16 bits per heavy atom. The van der Waals surface area contributed by atoms with Gasteiger partial charge in [-0.2, -0.15) is 0 Å². The minimum Gasteiger partial charge on any atom is -0.496 e. The lowest BCUT2D eigenvalue weighted by atomic mass is 9.83. The summed E-state index contributed by atoms with van der Waals surface area (Å²) < 4.78 is 106. The summed E-state index contributed by atoms with van der Waals surface area (Å²) in [5.41, 5.74) is -0.800. The number of ether oxygens (including phenoxy) is 2. The van der Waals surface area contributed by atoms with E-state index >= 15 is 0 Å². The van der Waals surface area contributed by atoms with Crippen molar-refractivity contribution in [2.45, 2.75) is 62.0 Å². The zero-order chi connectivity index (χ0) is 33.0. The maximum absolute atomic E-state index is 14.9. The molecule has 3 aliphatic carbocycles. The summed E-state index contributed by atoms with van der Waals surface area (Å²) >= 11 is 0. The van der Waals surface area contributed by atoms with Crippen LogP contribution in [0.1, 0.15) is 55.3 Å². The van der Waals surface area contributed by atoms with Crippen LogP contribution in [0.4, 0.5) is 33.9 Å². The number of anilines is 1. The molecular formula is C29H31F7N2O6S. The summed E-state index contributed by atoms with van der Waals surface area (Å²) in [6.07, 6.45) is 2.67. The highest BCUT2D eigenvalue weighted by molar-refractivity contribution is 8.45. The molecule has 2 bridgehead atoms. The van der Waals surface area contributed by atoms with Crippen molar-refractivity contribution in [3.63, 3.8) is 0 Å². The largest absolute Gasteiger partial charge is 0.496 e. The zero-order valence-corrected chi connectivity index (χ0v) is 24.7. The van der Waals surface area contributed by atoms with Gasteiger partial charge in [0, 0.05) is 17.8 Å². The Balaban J connectivity index is 1.34. The second kappa shape index (κ2) is 11.0. The fourth-order valence-corrected chi connectivity index (χ4v) is 7.57. The Labute approximate surface area is 253 Å². The van der Waals surface area contributed by atoms with Gasteiger partial charge in [0.15, 0.2) is 11.6 Å². The van der Waals surface area contributed by atoms with E-state index in [9.17, 15) is 47.7 Å². The van der Waals surface area contributed by atoms with Gasteiger partial charge >= 0.3 is 16.2 Å². The molecule has 0 radical (unpaired) electrons. The Hall–Kier alpha value is -3.69. The van der Waals surface area contributed by atoms with E-state index < -0.39 is 74.2 Å². The van der Waals surface area contributed by atoms with Gasteiger partial charge in [0.1, 0.15) is 16.5 Å². The molecule has 248 valence electrons. The van der Waals surface area contributed by atoms with E-state index in [1.807, 2.05) is 0 Å². The van der Waals surface area contributed by atoms with Crippen molar-refractivity contribution in [3.8, 4) is 11.5 Å². The van der Waals surface area contributed by atoms with Crippen molar-refractivity contribution in [3.05, 3.63) is 47.5 Å². The molecule has 3 fully saturated rings. The number of hydrogen-bond donors (Lipinski definition) is 3. The van der Waals surface area contributed by atoms with Gasteiger partial charge in [0.05, 0.1) is 30.6 Å². The topological polar surface area (TPSA) is 114 Å². The van der Waals surface area contributed by atoms with Crippen LogP contribution in [0.25, 0.3) is 0 Å². The van der Waals surface area contributed by atoms with Crippen LogP contribution in [-0.4, -0.2) is 42.1 Å². The summed E-state index contributed by atoms with van der Waals surface area (Å²) in [6, 6.07) is 2.09. The number of amides is 2. The van der Waals surface area contributed by atoms with Crippen LogP contribution in [0.5, 0.6) is 11.5 Å². The van der Waals surface area contributed by atoms with Gasteiger partial charge in [-0.3, -0.25) is 14.4 Å². The molecule has 0 aliphatic heterocycles. The number of benzene rings is 2. The molecule has 4 atom stereocenters. The molecule has 2 amide bonds. The lowest BCUT2D eigenvalue weighted by Gasteiger charge is -2.40. The van der Waals surface area contributed by atoms with Crippen LogP contribution < -0.4 is 20.1 Å². The standard InChI is InChI=1S/C29H31F7N2O6S/c1-43-22-13-21(31)23(44-18-7-4-14(5-8-18)29(41)42)12-19(22)27(39)38-26-16-3-2-15(10-16)25(26)28(40)37-17-6-9-20(30)24(11-17)45(32,33,34,35)36/h6,9,11-16,18,25-26H,2-5,7-8,10H2,1H3,(H,37,40)(H,38,39)(H,41,42)/t14?,15-,16+,18?,25+,26-/m1/s1. The van der Waals surface area contributed by atoms with E-state index in [0.717, 1.165) is 18.2 Å². The Kier molecular flexibility index (Phi) is 7.98. The summed E-state index contributed by atoms with van der Waals surface area (Å²) in [4.78, 5) is 35.3. The number of halogens is 7. The number of carbonyl (C=O) groups excluding carboxylic acids is 2. The van der Waals surface area contributed by atoms with Crippen LogP contribution in [0.3, 0.4) is 0 Å². The number of carbonyl (C=O) groups is 3. The van der Waals surface area contributed by atoms with Crippen molar-refractivity contribution in [1.82, 2.24) is 5.32 Å². The molecule has 2 aromatic rings. The van der Waals surface area contributed by atoms with Gasteiger partial charge in [-0.1, -0.05) is 19.4 Å². The molecule has 3 saturated carbocycles. The Morgan fingerprint density at radius 1 is 0.867 bits per heavy atom. The predicted octanol–water partition coefficient (Wildman–Crippen LogP) is 7.44. The molecule has 5 rings (SSSR count). The minimum absolute atomic E-state index is 0.117. The van der Waals surface area contributed by atoms with Crippen LogP contribution in [0.2, 0.25) is 0 Å². The molecule has 2 aromatic carbocycles. The third kappa shape index (κ3) is 6.94. The van der Waals surface area contributed by atoms with E-state index in [0.29, 0.717) is 44.9 Å². The quantitative estimate of drug-likeness (QED) is 0.240. The van der Waals surface area contributed by atoms with Gasteiger partial charge in [-0.25, -0.2) is 8.78 Å². The number of fused-ring (bicyclic) bond motifs is 2. The first-order valence-corrected chi connectivity index (χ1v) is 16.2. The van der Waals surface area contributed by atoms with E-state index in [2.05, 4.69) is 10.6 Å². The fraction of sp³-hybridized carbons (Fsp3) is 0.483. The summed E-state index contributed by atoms with van der Waals surface area (Å²) in [7, 11) is -9.18. The van der Waals surface area contributed by atoms with Crippen LogP contribution in [0, 0.1) is 35.3 Å². The number of nitrogens with one attached hydrogen (secondary N) is 2. The molecular weight excluding hydrogens is 637 g/mol. The minimum atomic E-state index is -10.4. The molecule has 3 N–H and O–H groups in total. The van der Waals surface area contributed by atoms with Crippen molar-refractivity contribution in [1.29, 1.82) is 0 Å². The average molecular weight is 669 g/mol. The third-order valence-electron chi connectivity index (χ3n) is 8.95. The van der Waals surface area contributed by atoms with E-state index in [4.69, 9.17) is 9.47 Å². The van der Waals surface area contributed by atoms with E-state index in [1.165, 1.54) is 7.11 Å². The summed E-state index contributed by atoms with van der Waals surface area (Å²) in [5, 5.41) is 14.1. The molecule has 0 spiro atoms. The molecule has 0 heterocycles. The van der Waals surface area contributed by atoms with Crippen LogP contribution in [-0.2, 0) is 9.59 Å². The lowest BCUT2D eigenvalue weighted by Crippen LogP contribution is -2.48. The second-order valence-electron chi connectivity index (χ2n) is 11.9. The summed E-state index contributed by atoms with van der Waals surface area (Å²) in [5.74, 6) is -7.80. The maximum Gasteiger partial charge on any atom is 0.313 e. The Morgan fingerprint density at radius 2 is 1.53 bits per heavy atom.